The highest BCUT2D eigenvalue weighted by molar-refractivity contribution is 7.98. The first kappa shape index (κ1) is 62.5. The van der Waals surface area contributed by atoms with Crippen LogP contribution in [-0.4, -0.2) is 109 Å². The van der Waals surface area contributed by atoms with Crippen molar-refractivity contribution in [3.05, 3.63) is 154 Å². The summed E-state index contributed by atoms with van der Waals surface area (Å²) in [6.45, 7) is 15.1. The molecular formula is C46H60N14O7S3. The second-order valence-electron chi connectivity index (χ2n) is 14.1. The van der Waals surface area contributed by atoms with E-state index in [0.29, 0.717) is 17.5 Å². The maximum absolute atomic E-state index is 10.8. The number of nitrogens with two attached hydrogens (primary N) is 1. The Kier molecular flexibility index (Phi) is 31.8. The molecule has 21 nitrogen and oxygen atoms in total. The van der Waals surface area contributed by atoms with E-state index in [1.54, 1.807) is 87.7 Å². The number of aliphatic carboxylic acids is 1. The summed E-state index contributed by atoms with van der Waals surface area (Å²) < 4.78 is 37.3. The molecule has 1 atom stereocenters. The molecule has 0 spiro atoms. The van der Waals surface area contributed by atoms with E-state index in [0.717, 1.165) is 62.8 Å². The van der Waals surface area contributed by atoms with Crippen LogP contribution in [0.15, 0.2) is 119 Å². The lowest BCUT2D eigenvalue weighted by Crippen LogP contribution is -2.03. The zero-order chi connectivity index (χ0) is 53.1. The molecule has 0 aromatic carbocycles. The number of aromatic nitrogens is 12. The molecular weight excluding hydrogens is 957 g/mol. The van der Waals surface area contributed by atoms with Crippen LogP contribution in [-0.2, 0) is 25.4 Å². The Hall–Kier alpha value is -7.49. The Labute approximate surface area is 415 Å². The van der Waals surface area contributed by atoms with Crippen LogP contribution >= 0.6 is 11.8 Å². The fourth-order valence-corrected chi connectivity index (χ4v) is 5.07. The SMILES string of the molecule is CCCC(=O)O.COc1ccnc(C)c1.CSc1ncc(C)cn1.Cc1cc(=O)cc[nH]1.Cc1cnc(C#N)nc1.Cc1cnc(N)nc1.Cc1cnc(S(C)(=O)=O)nc1.Cc1cnc(S(C)=O)nc1. The quantitative estimate of drug-likeness (QED) is 0.123. The number of aromatic amines is 1. The Morgan fingerprint density at radius 1 is 0.771 bits per heavy atom. The molecule has 0 aliphatic heterocycles. The number of nitrogens with one attached hydrogen (secondary N) is 1. The predicted molar refractivity (Wildman–Crippen MR) is 270 cm³/mol. The minimum Gasteiger partial charge on any atom is -0.497 e. The molecule has 0 saturated carbocycles. The Morgan fingerprint density at radius 3 is 1.54 bits per heavy atom. The van der Waals surface area contributed by atoms with Gasteiger partial charge in [0.25, 0.3) is 0 Å². The molecule has 0 bridgehead atoms. The summed E-state index contributed by atoms with van der Waals surface area (Å²) in [6.07, 6.45) is 25.5. The van der Waals surface area contributed by atoms with Crippen LogP contribution in [0.1, 0.15) is 64.8 Å². The van der Waals surface area contributed by atoms with E-state index in [4.69, 9.17) is 20.8 Å². The molecule has 70 heavy (non-hydrogen) atoms. The van der Waals surface area contributed by atoms with Gasteiger partial charge in [-0.3, -0.25) is 18.8 Å². The third-order valence-electron chi connectivity index (χ3n) is 7.21. The van der Waals surface area contributed by atoms with Gasteiger partial charge >= 0.3 is 5.97 Å². The van der Waals surface area contributed by atoms with Crippen LogP contribution in [0.25, 0.3) is 0 Å². The van der Waals surface area contributed by atoms with Crippen LogP contribution < -0.4 is 15.9 Å². The summed E-state index contributed by atoms with van der Waals surface area (Å²) in [4.78, 5) is 65.0. The topological polar surface area (TPSA) is 322 Å². The van der Waals surface area contributed by atoms with E-state index in [2.05, 4.69) is 59.8 Å². The van der Waals surface area contributed by atoms with Crippen molar-refractivity contribution in [3.8, 4) is 11.8 Å². The first-order chi connectivity index (χ1) is 33.0. The van der Waals surface area contributed by atoms with Gasteiger partial charge in [0.1, 0.15) is 11.8 Å². The summed E-state index contributed by atoms with van der Waals surface area (Å²) in [7, 11) is -2.65. The Morgan fingerprint density at radius 2 is 1.23 bits per heavy atom. The van der Waals surface area contributed by atoms with Gasteiger partial charge in [-0.1, -0.05) is 18.7 Å². The van der Waals surface area contributed by atoms with Gasteiger partial charge in [0.15, 0.2) is 10.6 Å². The minimum atomic E-state index is -3.24. The number of aryl methyl sites for hydroxylation is 7. The molecule has 4 N–H and O–H groups in total. The maximum Gasteiger partial charge on any atom is 0.303 e. The number of sulfone groups is 1. The molecule has 374 valence electrons. The van der Waals surface area contributed by atoms with Crippen molar-refractivity contribution in [1.82, 2.24) is 59.8 Å². The van der Waals surface area contributed by atoms with Gasteiger partial charge in [0.05, 0.1) is 17.9 Å². The smallest absolute Gasteiger partial charge is 0.303 e. The molecule has 0 fully saturated rings. The first-order valence-corrected chi connectivity index (χ1v) is 25.2. The van der Waals surface area contributed by atoms with Crippen LogP contribution in [0.4, 0.5) is 5.95 Å². The van der Waals surface area contributed by atoms with Gasteiger partial charge < -0.3 is 20.6 Å². The van der Waals surface area contributed by atoms with Crippen LogP contribution in [0.5, 0.6) is 5.75 Å². The van der Waals surface area contributed by atoms with Crippen molar-refractivity contribution in [2.45, 2.75) is 83.7 Å². The largest absolute Gasteiger partial charge is 0.497 e. The van der Waals surface area contributed by atoms with E-state index in [1.807, 2.05) is 85.3 Å². The highest BCUT2D eigenvalue weighted by Crippen LogP contribution is 2.08. The van der Waals surface area contributed by atoms with Crippen molar-refractivity contribution in [2.24, 2.45) is 0 Å². The lowest BCUT2D eigenvalue weighted by Gasteiger charge is -1.97. The average molecular weight is 1020 g/mol. The van der Waals surface area contributed by atoms with Gasteiger partial charge in [-0.05, 0) is 95.0 Å². The second kappa shape index (κ2) is 35.6. The summed E-state index contributed by atoms with van der Waals surface area (Å²) in [5, 5.41) is 17.3. The highest BCUT2D eigenvalue weighted by Gasteiger charge is 2.08. The molecule has 0 amide bonds. The number of pyridine rings is 2. The number of methoxy groups -OCH3 is 1. The van der Waals surface area contributed by atoms with Gasteiger partial charge in [-0.25, -0.2) is 58.3 Å². The number of hydrogen-bond donors (Lipinski definition) is 3. The number of nitrogens with zero attached hydrogens (tertiary/aromatic N) is 12. The molecule has 0 aliphatic carbocycles. The monoisotopic (exact) mass is 1020 g/mol. The van der Waals surface area contributed by atoms with Crippen molar-refractivity contribution < 1.29 is 27.3 Å². The van der Waals surface area contributed by atoms with Crippen molar-refractivity contribution >= 4 is 44.3 Å². The number of carboxylic acids is 1. The molecule has 7 heterocycles. The van der Waals surface area contributed by atoms with E-state index in [9.17, 15) is 22.2 Å². The number of ether oxygens (including phenoxy) is 1. The lowest BCUT2D eigenvalue weighted by molar-refractivity contribution is -0.137. The number of carbonyl (C=O) groups is 1. The minimum absolute atomic E-state index is 0.0567. The average Bonchev–Trinajstić information content (AvgIpc) is 3.32. The maximum atomic E-state index is 10.8. The summed E-state index contributed by atoms with van der Waals surface area (Å²) in [5.41, 5.74) is 12.1. The highest BCUT2D eigenvalue weighted by atomic mass is 32.2. The normalized spacial score (nSPS) is 9.93. The van der Waals surface area contributed by atoms with Gasteiger partial charge in [0.2, 0.25) is 31.9 Å². The molecule has 0 saturated heterocycles. The van der Waals surface area contributed by atoms with Crippen LogP contribution in [0.3, 0.4) is 0 Å². The molecule has 7 aromatic heterocycles. The van der Waals surface area contributed by atoms with E-state index >= 15 is 0 Å². The second-order valence-corrected chi connectivity index (χ2v) is 18.0. The number of anilines is 1. The fraction of sp³-hybridized carbons (Fsp3) is 0.304. The van der Waals surface area contributed by atoms with Gasteiger partial charge in [-0.2, -0.15) is 5.26 Å². The van der Waals surface area contributed by atoms with E-state index < -0.39 is 26.6 Å². The van der Waals surface area contributed by atoms with Crippen molar-refractivity contribution in [1.29, 1.82) is 5.26 Å². The Bertz CT molecular complexity index is 2760. The Balaban J connectivity index is 0.000000781. The van der Waals surface area contributed by atoms with Crippen molar-refractivity contribution in [3.63, 3.8) is 0 Å². The van der Waals surface area contributed by atoms with E-state index in [1.165, 1.54) is 18.5 Å². The third-order valence-corrected chi connectivity index (χ3v) is 9.39. The van der Waals surface area contributed by atoms with Crippen molar-refractivity contribution in [2.75, 3.05) is 31.6 Å². The number of nitriles is 1. The van der Waals surface area contributed by atoms with Crippen LogP contribution in [0, 0.1) is 59.8 Å². The predicted octanol–water partition coefficient (Wildman–Crippen LogP) is 6.19. The van der Waals surface area contributed by atoms with E-state index in [-0.39, 0.29) is 16.4 Å². The number of H-pyrrole nitrogens is 1. The van der Waals surface area contributed by atoms with Gasteiger partial charge in [-0.15, -0.1) is 0 Å². The third kappa shape index (κ3) is 32.3. The van der Waals surface area contributed by atoms with Gasteiger partial charge in [0, 0.05) is 123 Å². The molecule has 24 heteroatoms. The van der Waals surface area contributed by atoms with Crippen LogP contribution in [0.2, 0.25) is 0 Å². The summed E-state index contributed by atoms with van der Waals surface area (Å²) in [5.74, 6) is 0.705. The lowest BCUT2D eigenvalue weighted by atomic mass is 10.4. The number of nitrogen functional groups attached to an aromatic ring is 1. The number of carboxylic acid groups (broad SMARTS) is 1. The molecule has 0 radical (unpaired) electrons. The fourth-order valence-electron chi connectivity index (χ4n) is 3.86. The zero-order valence-electron chi connectivity index (χ0n) is 41.2. The number of thioether (sulfide) groups is 1. The molecule has 1 unspecified atom stereocenters. The molecule has 7 aromatic rings. The molecule has 7 rings (SSSR count). The summed E-state index contributed by atoms with van der Waals surface area (Å²) in [6, 6.07) is 8.60. The zero-order valence-corrected chi connectivity index (χ0v) is 43.7. The first-order valence-electron chi connectivity index (χ1n) is 20.5. The number of rotatable bonds is 6. The molecule has 0 aliphatic rings. The standard InChI is InChI=1S/C7H9NO.C6H5N3.C6H8N2O2S.C6H8N2OS.C6H8N2S.C6H7NO.C5H7N3.C4H8O2/c1-6-5-7(9-2)3-4-8-6;1-5-3-8-6(2-7)9-4-5;1-5-3-7-6(8-4-5)11(2,9)10;1-5-3-7-6(8-4-5)10(2)9;1-5-3-7-6(9-2)8-4-5;1-5-4-6(8)2-3-7-5;1-4-2-7-5(6)8-3-4;1-2-3-4(5)6/h3-5H,1-2H3;3-4H,1H3;3-4H,1-2H3;3-4H,1-2H3;3-4H,1-2H3;2-4H,1H3,(H,7,8);2-3H,1H3,(H2,6,7,8);2-3H2,1H3,(H,5,6). The number of hydrogen-bond acceptors (Lipinski definition) is 20. The summed E-state index contributed by atoms with van der Waals surface area (Å²) >= 11 is 1.56.